The first kappa shape index (κ1) is 8.53. The lowest BCUT2D eigenvalue weighted by Crippen LogP contribution is -2.24. The van der Waals surface area contributed by atoms with E-state index in [-0.39, 0.29) is 6.04 Å². The van der Waals surface area contributed by atoms with E-state index in [1.54, 1.807) is 7.11 Å². The maximum absolute atomic E-state index is 9.69. The number of fused-ring (bicyclic) bond motifs is 1. The van der Waals surface area contributed by atoms with Crippen LogP contribution in [0.1, 0.15) is 17.2 Å². The number of aliphatic hydroxyl groups excluding tert-OH is 1. The van der Waals surface area contributed by atoms with E-state index in [4.69, 9.17) is 10.5 Å². The summed E-state index contributed by atoms with van der Waals surface area (Å²) >= 11 is 0. The van der Waals surface area contributed by atoms with E-state index in [1.165, 1.54) is 0 Å². The van der Waals surface area contributed by atoms with Crippen molar-refractivity contribution in [1.29, 1.82) is 0 Å². The molecule has 0 bridgehead atoms. The molecule has 0 saturated heterocycles. The molecule has 2 atom stereocenters. The van der Waals surface area contributed by atoms with Crippen molar-refractivity contribution in [3.63, 3.8) is 0 Å². The van der Waals surface area contributed by atoms with Gasteiger partial charge in [0, 0.05) is 6.04 Å². The fourth-order valence-electron chi connectivity index (χ4n) is 1.76. The Bertz CT molecular complexity index is 325. The third-order valence-corrected chi connectivity index (χ3v) is 2.53. The number of hydrogen-bond acceptors (Lipinski definition) is 3. The quantitative estimate of drug-likeness (QED) is 0.664. The molecule has 0 saturated carbocycles. The Hall–Kier alpha value is -1.06. The molecular weight excluding hydrogens is 166 g/mol. The highest BCUT2D eigenvalue weighted by Gasteiger charge is 2.28. The summed E-state index contributed by atoms with van der Waals surface area (Å²) in [6.07, 6.45) is 0.214. The number of nitrogens with two attached hydrogens (primary N) is 1. The van der Waals surface area contributed by atoms with Gasteiger partial charge in [-0.3, -0.25) is 0 Å². The van der Waals surface area contributed by atoms with Gasteiger partial charge in [-0.1, -0.05) is 6.07 Å². The van der Waals surface area contributed by atoms with E-state index in [2.05, 4.69) is 0 Å². The molecule has 2 rings (SSSR count). The van der Waals surface area contributed by atoms with Gasteiger partial charge in [-0.25, -0.2) is 0 Å². The number of methoxy groups -OCH3 is 1. The second-order valence-corrected chi connectivity index (χ2v) is 3.38. The van der Waals surface area contributed by atoms with Crippen LogP contribution in [0.4, 0.5) is 0 Å². The Morgan fingerprint density at radius 3 is 3.00 bits per heavy atom. The van der Waals surface area contributed by atoms with Gasteiger partial charge in [0.15, 0.2) is 0 Å². The summed E-state index contributed by atoms with van der Waals surface area (Å²) in [4.78, 5) is 0. The Balaban J connectivity index is 2.42. The molecule has 13 heavy (non-hydrogen) atoms. The van der Waals surface area contributed by atoms with Crippen LogP contribution in [0.2, 0.25) is 0 Å². The van der Waals surface area contributed by atoms with Crippen molar-refractivity contribution in [3.05, 3.63) is 29.3 Å². The number of aliphatic hydroxyl groups is 1. The number of ether oxygens (including phenoxy) is 1. The lowest BCUT2D eigenvalue weighted by atomic mass is 10.1. The molecule has 1 aliphatic rings. The summed E-state index contributed by atoms with van der Waals surface area (Å²) in [7, 11) is 1.61. The molecule has 0 heterocycles. The van der Waals surface area contributed by atoms with Gasteiger partial charge in [-0.15, -0.1) is 0 Å². The normalized spacial score (nSPS) is 25.8. The minimum Gasteiger partial charge on any atom is -0.497 e. The largest absolute Gasteiger partial charge is 0.497 e. The molecule has 0 aliphatic heterocycles. The third kappa shape index (κ3) is 1.30. The fourth-order valence-corrected chi connectivity index (χ4v) is 1.76. The molecule has 3 heteroatoms. The molecule has 3 N–H and O–H groups in total. The molecule has 1 aliphatic carbocycles. The molecule has 0 amide bonds. The van der Waals surface area contributed by atoms with Crippen LogP contribution >= 0.6 is 0 Å². The number of benzene rings is 1. The zero-order valence-corrected chi connectivity index (χ0v) is 7.53. The highest BCUT2D eigenvalue weighted by molar-refractivity contribution is 5.41. The molecule has 70 valence electrons. The summed E-state index contributed by atoms with van der Waals surface area (Å²) in [5, 5.41) is 9.69. The second-order valence-electron chi connectivity index (χ2n) is 3.38. The monoisotopic (exact) mass is 179 g/mol. The van der Waals surface area contributed by atoms with Crippen molar-refractivity contribution in [2.24, 2.45) is 5.73 Å². The number of hydrogen-bond donors (Lipinski definition) is 2. The molecule has 1 aromatic carbocycles. The maximum atomic E-state index is 9.69. The van der Waals surface area contributed by atoms with Crippen LogP contribution in [0, 0.1) is 0 Å². The molecule has 0 spiro atoms. The van der Waals surface area contributed by atoms with Crippen molar-refractivity contribution in [3.8, 4) is 5.75 Å². The highest BCUT2D eigenvalue weighted by Crippen LogP contribution is 2.32. The summed E-state index contributed by atoms with van der Waals surface area (Å²) in [6.45, 7) is 0. The van der Waals surface area contributed by atoms with Gasteiger partial charge in [0.2, 0.25) is 0 Å². The maximum Gasteiger partial charge on any atom is 0.119 e. The van der Waals surface area contributed by atoms with Crippen LogP contribution in [-0.2, 0) is 6.42 Å². The van der Waals surface area contributed by atoms with Crippen LogP contribution in [-0.4, -0.2) is 18.3 Å². The summed E-state index contributed by atoms with van der Waals surface area (Å²) in [6, 6.07) is 5.54. The smallest absolute Gasteiger partial charge is 0.119 e. The van der Waals surface area contributed by atoms with Crippen molar-refractivity contribution >= 4 is 0 Å². The van der Waals surface area contributed by atoms with E-state index >= 15 is 0 Å². The summed E-state index contributed by atoms with van der Waals surface area (Å²) < 4.78 is 5.07. The van der Waals surface area contributed by atoms with E-state index in [0.29, 0.717) is 0 Å². The molecule has 3 nitrogen and oxygen atoms in total. The molecule has 0 unspecified atom stereocenters. The average molecular weight is 179 g/mol. The predicted octanol–water partition coefficient (Wildman–Crippen LogP) is 0.612. The van der Waals surface area contributed by atoms with Gasteiger partial charge < -0.3 is 15.6 Å². The molecular formula is C10H13NO2. The Labute approximate surface area is 77.1 Å². The first-order valence-corrected chi connectivity index (χ1v) is 4.33. The van der Waals surface area contributed by atoms with Gasteiger partial charge in [-0.2, -0.15) is 0 Å². The van der Waals surface area contributed by atoms with Crippen molar-refractivity contribution in [1.82, 2.24) is 0 Å². The van der Waals surface area contributed by atoms with E-state index in [9.17, 15) is 5.11 Å². The van der Waals surface area contributed by atoms with Gasteiger partial charge >= 0.3 is 0 Å². The molecule has 0 radical (unpaired) electrons. The van der Waals surface area contributed by atoms with Gasteiger partial charge in [0.25, 0.3) is 0 Å². The second kappa shape index (κ2) is 3.01. The standard InChI is InChI=1S/C10H13NO2/c1-13-7-3-2-6-4-9(11)10(12)8(6)5-7/h2-3,5,9-10,12H,4,11H2,1H3/t9-,10-/m1/s1. The van der Waals surface area contributed by atoms with Crippen molar-refractivity contribution in [2.75, 3.05) is 7.11 Å². The minimum atomic E-state index is -0.537. The molecule has 0 fully saturated rings. The Morgan fingerprint density at radius 2 is 2.31 bits per heavy atom. The van der Waals surface area contributed by atoms with Crippen molar-refractivity contribution in [2.45, 2.75) is 18.6 Å². The van der Waals surface area contributed by atoms with E-state index in [1.807, 2.05) is 18.2 Å². The Morgan fingerprint density at radius 1 is 1.54 bits per heavy atom. The lowest BCUT2D eigenvalue weighted by molar-refractivity contribution is 0.159. The van der Waals surface area contributed by atoms with Gasteiger partial charge in [-0.05, 0) is 29.7 Å². The predicted molar refractivity (Wildman–Crippen MR) is 49.6 cm³/mol. The van der Waals surface area contributed by atoms with Crippen LogP contribution in [0.25, 0.3) is 0 Å². The van der Waals surface area contributed by atoms with Gasteiger partial charge in [0.05, 0.1) is 13.2 Å². The fraction of sp³-hybridized carbons (Fsp3) is 0.400. The van der Waals surface area contributed by atoms with Crippen LogP contribution < -0.4 is 10.5 Å². The third-order valence-electron chi connectivity index (χ3n) is 2.53. The zero-order valence-electron chi connectivity index (χ0n) is 7.53. The highest BCUT2D eigenvalue weighted by atomic mass is 16.5. The average Bonchev–Trinajstić information content (AvgIpc) is 2.43. The first-order chi connectivity index (χ1) is 6.22. The molecule has 1 aromatic rings. The Kier molecular flexibility index (Phi) is 1.98. The summed E-state index contributed by atoms with van der Waals surface area (Å²) in [5.41, 5.74) is 7.76. The topological polar surface area (TPSA) is 55.5 Å². The molecule has 0 aromatic heterocycles. The van der Waals surface area contributed by atoms with E-state index in [0.717, 1.165) is 23.3 Å². The summed E-state index contributed by atoms with van der Waals surface area (Å²) in [5.74, 6) is 0.770. The van der Waals surface area contributed by atoms with Crippen molar-refractivity contribution < 1.29 is 9.84 Å². The minimum absolute atomic E-state index is 0.165. The van der Waals surface area contributed by atoms with Crippen LogP contribution in [0.3, 0.4) is 0 Å². The zero-order chi connectivity index (χ0) is 9.42. The van der Waals surface area contributed by atoms with Crippen LogP contribution in [0.15, 0.2) is 18.2 Å². The lowest BCUT2D eigenvalue weighted by Gasteiger charge is -2.09. The van der Waals surface area contributed by atoms with Crippen LogP contribution in [0.5, 0.6) is 5.75 Å². The first-order valence-electron chi connectivity index (χ1n) is 4.33. The SMILES string of the molecule is COc1ccc2c(c1)[C@@H](O)[C@H](N)C2. The van der Waals surface area contributed by atoms with E-state index < -0.39 is 6.10 Å². The number of rotatable bonds is 1. The van der Waals surface area contributed by atoms with Gasteiger partial charge in [0.1, 0.15) is 5.75 Å².